The molecule has 0 saturated carbocycles. The van der Waals surface area contributed by atoms with Gasteiger partial charge in [-0.15, -0.1) is 0 Å². The molecule has 1 unspecified atom stereocenters. The maximum atomic E-state index is 13.9. The normalized spacial score (nSPS) is 12.3. The Morgan fingerprint density at radius 1 is 0.952 bits per heavy atom. The Morgan fingerprint density at radius 3 is 2.24 bits per heavy atom. The fourth-order valence-electron chi connectivity index (χ4n) is 1.97. The van der Waals surface area contributed by atoms with E-state index in [2.05, 4.69) is 5.32 Å². The molecule has 0 heterocycles. The summed E-state index contributed by atoms with van der Waals surface area (Å²) in [4.78, 5) is 0. The molecule has 0 aliphatic heterocycles. The summed E-state index contributed by atoms with van der Waals surface area (Å²) in [6.45, 7) is 2.96. The van der Waals surface area contributed by atoms with Gasteiger partial charge in [0.1, 0.15) is 17.5 Å². The van der Waals surface area contributed by atoms with E-state index in [4.69, 9.17) is 11.6 Å². The molecule has 0 amide bonds. The van der Waals surface area contributed by atoms with Gasteiger partial charge >= 0.3 is 0 Å². The van der Waals surface area contributed by atoms with Crippen molar-refractivity contribution >= 4 is 17.3 Å². The molecule has 0 radical (unpaired) electrons. The average Bonchev–Trinajstić information content (AvgIpc) is 2.37. The van der Waals surface area contributed by atoms with Gasteiger partial charge in [0.25, 0.3) is 0 Å². The lowest BCUT2D eigenvalue weighted by Gasteiger charge is -2.18. The van der Waals surface area contributed by atoms with Crippen molar-refractivity contribution in [2.75, 3.05) is 5.32 Å². The molecule has 1 nitrogen and oxygen atoms in total. The summed E-state index contributed by atoms with van der Waals surface area (Å²) in [5.74, 6) is -2.90. The number of anilines is 1. The highest BCUT2D eigenvalue weighted by molar-refractivity contribution is 6.33. The highest BCUT2D eigenvalue weighted by atomic mass is 35.5. The van der Waals surface area contributed by atoms with Crippen molar-refractivity contribution in [3.05, 3.63) is 63.7 Å². The smallest absolute Gasteiger partial charge is 0.150 e. The second-order valence-electron chi connectivity index (χ2n) is 4.73. The second-order valence-corrected chi connectivity index (χ2v) is 5.14. The van der Waals surface area contributed by atoms with Crippen LogP contribution in [0.1, 0.15) is 24.1 Å². The van der Waals surface area contributed by atoms with E-state index in [1.54, 1.807) is 0 Å². The first-order valence-electron chi connectivity index (χ1n) is 6.16. The molecule has 0 saturated heterocycles. The lowest BCUT2D eigenvalue weighted by atomic mass is 10.0. The summed E-state index contributed by atoms with van der Waals surface area (Å²) in [5.41, 5.74) is 0.0401. The quantitative estimate of drug-likeness (QED) is 0.750. The summed E-state index contributed by atoms with van der Waals surface area (Å²) in [7, 11) is 0. The highest BCUT2D eigenvalue weighted by Gasteiger charge is 2.17. The van der Waals surface area contributed by atoms with Crippen molar-refractivity contribution in [1.29, 1.82) is 0 Å². The SMILES string of the molecule is Cc1cc(F)c(C(C)Nc2c(F)cc(F)cc2Cl)cc1F. The van der Waals surface area contributed by atoms with Gasteiger partial charge in [-0.2, -0.15) is 0 Å². The molecule has 112 valence electrons. The Hall–Kier alpha value is -1.75. The van der Waals surface area contributed by atoms with Gasteiger partial charge in [-0.3, -0.25) is 0 Å². The number of aryl methyl sites for hydroxylation is 1. The average molecular weight is 318 g/mol. The minimum absolute atomic E-state index is 0.0258. The van der Waals surface area contributed by atoms with Gasteiger partial charge < -0.3 is 5.32 Å². The van der Waals surface area contributed by atoms with E-state index in [0.29, 0.717) is 6.07 Å². The molecule has 0 aliphatic carbocycles. The van der Waals surface area contributed by atoms with E-state index in [9.17, 15) is 17.6 Å². The Morgan fingerprint density at radius 2 is 1.62 bits per heavy atom. The van der Waals surface area contributed by atoms with Gasteiger partial charge in [-0.1, -0.05) is 11.6 Å². The Bertz CT molecular complexity index is 665. The van der Waals surface area contributed by atoms with Crippen LogP contribution in [0.15, 0.2) is 24.3 Å². The Balaban J connectivity index is 2.35. The second kappa shape index (κ2) is 5.93. The summed E-state index contributed by atoms with van der Waals surface area (Å²) >= 11 is 5.75. The van der Waals surface area contributed by atoms with Gasteiger partial charge in [0.05, 0.1) is 16.8 Å². The van der Waals surface area contributed by atoms with Crippen LogP contribution in [-0.4, -0.2) is 0 Å². The third-order valence-electron chi connectivity index (χ3n) is 3.11. The van der Waals surface area contributed by atoms with Crippen LogP contribution in [0.3, 0.4) is 0 Å². The molecule has 2 aromatic carbocycles. The maximum Gasteiger partial charge on any atom is 0.150 e. The third-order valence-corrected chi connectivity index (χ3v) is 3.41. The topological polar surface area (TPSA) is 12.0 Å². The van der Waals surface area contributed by atoms with Crippen LogP contribution in [-0.2, 0) is 0 Å². The van der Waals surface area contributed by atoms with Crippen molar-refractivity contribution in [2.45, 2.75) is 19.9 Å². The first-order chi connectivity index (χ1) is 9.79. The highest BCUT2D eigenvalue weighted by Crippen LogP contribution is 2.31. The van der Waals surface area contributed by atoms with Gasteiger partial charge in [0.15, 0.2) is 5.82 Å². The molecule has 2 aromatic rings. The molecule has 1 atom stereocenters. The number of halogens is 5. The molecular weight excluding hydrogens is 306 g/mol. The number of benzene rings is 2. The summed E-state index contributed by atoms with van der Waals surface area (Å²) in [6, 6.07) is 2.94. The maximum absolute atomic E-state index is 13.9. The molecule has 2 rings (SSSR count). The van der Waals surface area contributed by atoms with Gasteiger partial charge in [-0.05, 0) is 37.6 Å². The Labute approximate surface area is 124 Å². The van der Waals surface area contributed by atoms with Gasteiger partial charge in [0.2, 0.25) is 0 Å². The molecule has 0 aromatic heterocycles. The number of rotatable bonds is 3. The largest absolute Gasteiger partial charge is 0.375 e. The van der Waals surface area contributed by atoms with Crippen molar-refractivity contribution in [2.24, 2.45) is 0 Å². The monoisotopic (exact) mass is 317 g/mol. The van der Waals surface area contributed by atoms with Crippen molar-refractivity contribution in [3.8, 4) is 0 Å². The summed E-state index contributed by atoms with van der Waals surface area (Å²) in [5, 5.41) is 2.46. The fraction of sp³-hybridized carbons (Fsp3) is 0.200. The van der Waals surface area contributed by atoms with Gasteiger partial charge in [0, 0.05) is 11.6 Å². The molecule has 1 N–H and O–H groups in total. The number of hydrogen-bond acceptors (Lipinski definition) is 1. The zero-order valence-corrected chi connectivity index (χ0v) is 12.0. The van der Waals surface area contributed by atoms with Crippen LogP contribution >= 0.6 is 11.6 Å². The summed E-state index contributed by atoms with van der Waals surface area (Å²) in [6.07, 6.45) is 0. The lowest BCUT2D eigenvalue weighted by Crippen LogP contribution is -2.11. The van der Waals surface area contributed by atoms with Crippen LogP contribution in [0, 0.1) is 30.2 Å². The van der Waals surface area contributed by atoms with E-state index in [-0.39, 0.29) is 21.8 Å². The standard InChI is InChI=1S/C15H12ClF4N/c1-7-3-13(19)10(6-12(7)18)8(2)21-15-11(16)4-9(17)5-14(15)20/h3-6,8,21H,1-2H3. The summed E-state index contributed by atoms with van der Waals surface area (Å²) < 4.78 is 54.0. The van der Waals surface area contributed by atoms with Crippen molar-refractivity contribution in [1.82, 2.24) is 0 Å². The van der Waals surface area contributed by atoms with Crippen LogP contribution in [0.2, 0.25) is 5.02 Å². The lowest BCUT2D eigenvalue weighted by molar-refractivity contribution is 0.567. The van der Waals surface area contributed by atoms with Gasteiger partial charge in [-0.25, -0.2) is 17.6 Å². The van der Waals surface area contributed by atoms with E-state index in [1.165, 1.54) is 13.8 Å². The number of hydrogen-bond donors (Lipinski definition) is 1. The molecular formula is C15H12ClF4N. The van der Waals surface area contributed by atoms with Crippen molar-refractivity contribution in [3.63, 3.8) is 0 Å². The Kier molecular flexibility index (Phi) is 4.42. The zero-order chi connectivity index (χ0) is 15.7. The van der Waals surface area contributed by atoms with Crippen molar-refractivity contribution < 1.29 is 17.6 Å². The minimum Gasteiger partial charge on any atom is -0.375 e. The van der Waals surface area contributed by atoms with Crippen LogP contribution in [0.4, 0.5) is 23.2 Å². The van der Waals surface area contributed by atoms with Crippen LogP contribution in [0.25, 0.3) is 0 Å². The fourth-order valence-corrected chi connectivity index (χ4v) is 2.22. The molecule has 0 fully saturated rings. The molecule has 0 spiro atoms. The van der Waals surface area contributed by atoms with Crippen LogP contribution < -0.4 is 5.32 Å². The van der Waals surface area contributed by atoms with E-state index in [1.807, 2.05) is 0 Å². The zero-order valence-electron chi connectivity index (χ0n) is 11.3. The van der Waals surface area contributed by atoms with Crippen LogP contribution in [0.5, 0.6) is 0 Å². The minimum atomic E-state index is -0.903. The predicted molar refractivity (Wildman–Crippen MR) is 74.5 cm³/mol. The number of nitrogens with one attached hydrogen (secondary N) is 1. The third kappa shape index (κ3) is 3.29. The first kappa shape index (κ1) is 15.6. The first-order valence-corrected chi connectivity index (χ1v) is 6.54. The molecule has 0 bridgehead atoms. The van der Waals surface area contributed by atoms with E-state index in [0.717, 1.165) is 18.2 Å². The molecule has 6 heteroatoms. The predicted octanol–water partition coefficient (Wildman–Crippen LogP) is 5.38. The molecule has 21 heavy (non-hydrogen) atoms. The molecule has 0 aliphatic rings. The van der Waals surface area contributed by atoms with E-state index < -0.39 is 29.3 Å². The van der Waals surface area contributed by atoms with E-state index >= 15 is 0 Å².